The molecule has 5 rings (SSSR count). The molecule has 2 aromatic carbocycles. The van der Waals surface area contributed by atoms with Crippen molar-refractivity contribution in [1.82, 2.24) is 30.0 Å². The van der Waals surface area contributed by atoms with Crippen molar-refractivity contribution in [3.8, 4) is 5.69 Å². The average molecular weight is 420 g/mol. The zero-order valence-electron chi connectivity index (χ0n) is 16.8. The molecule has 0 bridgehead atoms. The molecule has 1 aromatic heterocycles. The Morgan fingerprint density at radius 3 is 2.42 bits per heavy atom. The minimum atomic E-state index is -0.267. The molecule has 1 saturated heterocycles. The molecule has 1 saturated carbocycles. The highest BCUT2D eigenvalue weighted by Gasteiger charge is 2.46. The molecule has 2 amide bonds. The average Bonchev–Trinajstić information content (AvgIpc) is 3.42. The molecular weight excluding hydrogens is 399 g/mol. The summed E-state index contributed by atoms with van der Waals surface area (Å²) in [5.74, 6) is -0.0845. The Bertz CT molecular complexity index is 1090. The van der Waals surface area contributed by atoms with Crippen LogP contribution in [0.15, 0.2) is 54.9 Å². The third-order valence-electron chi connectivity index (χ3n) is 5.99. The number of benzene rings is 2. The summed E-state index contributed by atoms with van der Waals surface area (Å²) in [4.78, 5) is 29.4. The molecule has 31 heavy (non-hydrogen) atoms. The van der Waals surface area contributed by atoms with Crippen molar-refractivity contribution >= 4 is 11.8 Å². The predicted molar refractivity (Wildman–Crippen MR) is 109 cm³/mol. The number of amides is 2. The molecule has 1 aliphatic heterocycles. The lowest BCUT2D eigenvalue weighted by molar-refractivity contribution is -0.134. The maximum absolute atomic E-state index is 13.1. The number of hydrogen-bond acceptors (Lipinski definition) is 5. The Hall–Kier alpha value is -3.62. The van der Waals surface area contributed by atoms with Gasteiger partial charge in [-0.05, 0) is 58.7 Å². The summed E-state index contributed by atoms with van der Waals surface area (Å²) in [6, 6.07) is 13.5. The van der Waals surface area contributed by atoms with Gasteiger partial charge in [0.25, 0.3) is 5.91 Å². The van der Waals surface area contributed by atoms with Crippen LogP contribution in [-0.2, 0) is 4.79 Å². The van der Waals surface area contributed by atoms with Gasteiger partial charge in [0.1, 0.15) is 12.1 Å². The van der Waals surface area contributed by atoms with Gasteiger partial charge in [0.2, 0.25) is 5.91 Å². The lowest BCUT2D eigenvalue weighted by Crippen LogP contribution is -2.51. The Labute approximate surface area is 178 Å². The monoisotopic (exact) mass is 420 g/mol. The highest BCUT2D eigenvalue weighted by Crippen LogP contribution is 2.48. The van der Waals surface area contributed by atoms with E-state index in [-0.39, 0.29) is 29.5 Å². The van der Waals surface area contributed by atoms with E-state index in [9.17, 15) is 14.0 Å². The first-order valence-electron chi connectivity index (χ1n) is 10.3. The smallest absolute Gasteiger partial charge is 0.254 e. The first-order valence-corrected chi connectivity index (χ1v) is 10.3. The van der Waals surface area contributed by atoms with Gasteiger partial charge in [-0.1, -0.05) is 18.2 Å². The van der Waals surface area contributed by atoms with E-state index in [1.807, 2.05) is 11.0 Å². The number of hydrogen-bond donors (Lipinski definition) is 0. The zero-order valence-corrected chi connectivity index (χ0v) is 16.8. The van der Waals surface area contributed by atoms with E-state index in [1.54, 1.807) is 35.2 Å². The second-order valence-electron chi connectivity index (χ2n) is 7.92. The molecule has 2 fully saturated rings. The largest absolute Gasteiger partial charge is 0.339 e. The quantitative estimate of drug-likeness (QED) is 0.644. The van der Waals surface area contributed by atoms with Crippen molar-refractivity contribution in [3.05, 3.63) is 71.8 Å². The summed E-state index contributed by atoms with van der Waals surface area (Å²) in [5, 5.41) is 11.1. The topological polar surface area (TPSA) is 84.2 Å². The van der Waals surface area contributed by atoms with Gasteiger partial charge in [-0.25, -0.2) is 9.07 Å². The maximum Gasteiger partial charge on any atom is 0.254 e. The van der Waals surface area contributed by atoms with Crippen LogP contribution in [0.5, 0.6) is 0 Å². The highest BCUT2D eigenvalue weighted by molar-refractivity contribution is 5.95. The van der Waals surface area contributed by atoms with Crippen LogP contribution in [0, 0.1) is 11.7 Å². The van der Waals surface area contributed by atoms with Crippen LogP contribution in [0.2, 0.25) is 0 Å². The standard InChI is InChI=1S/C22H21FN6O2/c23-17-6-4-15(5-7-17)19-13-20(19)22(31)28-10-8-27(9-11-28)21(30)16-2-1-3-18(12-16)29-14-24-25-26-29/h1-7,12,14,19-20H,8-11,13H2/t19-,20-/m0/s1. The van der Waals surface area contributed by atoms with Crippen molar-refractivity contribution in [3.63, 3.8) is 0 Å². The van der Waals surface area contributed by atoms with E-state index < -0.39 is 0 Å². The van der Waals surface area contributed by atoms with E-state index in [2.05, 4.69) is 15.5 Å². The lowest BCUT2D eigenvalue weighted by Gasteiger charge is -2.35. The Morgan fingerprint density at radius 2 is 1.71 bits per heavy atom. The SMILES string of the molecule is O=C(c1cccc(-n2cnnn2)c1)N1CCN(C(=O)[C@H]2C[C@H]2c2ccc(F)cc2)CC1. The van der Waals surface area contributed by atoms with E-state index in [0.717, 1.165) is 12.0 Å². The third kappa shape index (κ3) is 3.90. The summed E-state index contributed by atoms with van der Waals surface area (Å²) < 4.78 is 14.6. The summed E-state index contributed by atoms with van der Waals surface area (Å²) in [5.41, 5.74) is 2.28. The molecule has 3 aromatic rings. The number of carbonyl (C=O) groups excluding carboxylic acids is 2. The van der Waals surface area contributed by atoms with Gasteiger partial charge in [0, 0.05) is 37.7 Å². The zero-order chi connectivity index (χ0) is 21.4. The Kier molecular flexibility index (Phi) is 4.93. The summed E-state index contributed by atoms with van der Waals surface area (Å²) >= 11 is 0. The van der Waals surface area contributed by atoms with Crippen molar-refractivity contribution in [1.29, 1.82) is 0 Å². The normalized spacial score (nSPS) is 20.5. The first-order chi connectivity index (χ1) is 15.1. The molecule has 9 heteroatoms. The van der Waals surface area contributed by atoms with Crippen molar-refractivity contribution in [2.24, 2.45) is 5.92 Å². The number of aromatic nitrogens is 4. The van der Waals surface area contributed by atoms with Gasteiger partial charge in [-0.15, -0.1) is 5.10 Å². The number of halogens is 1. The molecule has 158 valence electrons. The fourth-order valence-corrected chi connectivity index (χ4v) is 4.15. The second-order valence-corrected chi connectivity index (χ2v) is 7.92. The molecule has 2 aliphatic rings. The van der Waals surface area contributed by atoms with Crippen LogP contribution in [0.1, 0.15) is 28.3 Å². The fourth-order valence-electron chi connectivity index (χ4n) is 4.15. The van der Waals surface area contributed by atoms with Crippen LogP contribution in [-0.4, -0.2) is 68.0 Å². The number of carbonyl (C=O) groups is 2. The molecule has 0 unspecified atom stereocenters. The number of tetrazole rings is 1. The first kappa shape index (κ1) is 19.3. The Balaban J connectivity index is 1.18. The second kappa shape index (κ2) is 7.90. The van der Waals surface area contributed by atoms with E-state index >= 15 is 0 Å². The minimum absolute atomic E-state index is 0.0410. The van der Waals surface area contributed by atoms with Crippen LogP contribution in [0.4, 0.5) is 4.39 Å². The van der Waals surface area contributed by atoms with Crippen molar-refractivity contribution in [2.45, 2.75) is 12.3 Å². The van der Waals surface area contributed by atoms with E-state index in [0.29, 0.717) is 37.4 Å². The highest BCUT2D eigenvalue weighted by atomic mass is 19.1. The van der Waals surface area contributed by atoms with Gasteiger partial charge < -0.3 is 9.80 Å². The molecular formula is C22H21FN6O2. The number of piperazine rings is 1. The van der Waals surface area contributed by atoms with Crippen LogP contribution in [0.25, 0.3) is 5.69 Å². The molecule has 0 radical (unpaired) electrons. The maximum atomic E-state index is 13.1. The summed E-state index contributed by atoms with van der Waals surface area (Å²) in [6.45, 7) is 2.02. The lowest BCUT2D eigenvalue weighted by atomic mass is 10.1. The van der Waals surface area contributed by atoms with Gasteiger partial charge in [-0.2, -0.15) is 0 Å². The molecule has 2 heterocycles. The fraction of sp³-hybridized carbons (Fsp3) is 0.318. The Morgan fingerprint density at radius 1 is 0.968 bits per heavy atom. The van der Waals surface area contributed by atoms with Crippen molar-refractivity contribution < 1.29 is 14.0 Å². The van der Waals surface area contributed by atoms with E-state index in [4.69, 9.17) is 0 Å². The van der Waals surface area contributed by atoms with Gasteiger partial charge in [0.05, 0.1) is 5.69 Å². The van der Waals surface area contributed by atoms with Crippen molar-refractivity contribution in [2.75, 3.05) is 26.2 Å². The van der Waals surface area contributed by atoms with Gasteiger partial charge in [-0.3, -0.25) is 9.59 Å². The molecule has 8 nitrogen and oxygen atoms in total. The summed E-state index contributed by atoms with van der Waals surface area (Å²) in [6.07, 6.45) is 2.28. The minimum Gasteiger partial charge on any atom is -0.339 e. The van der Waals surface area contributed by atoms with Gasteiger partial charge in [0.15, 0.2) is 0 Å². The molecule has 0 N–H and O–H groups in total. The van der Waals surface area contributed by atoms with Gasteiger partial charge >= 0.3 is 0 Å². The molecule has 1 aliphatic carbocycles. The number of nitrogens with zero attached hydrogens (tertiary/aromatic N) is 6. The summed E-state index contributed by atoms with van der Waals surface area (Å²) in [7, 11) is 0. The van der Waals surface area contributed by atoms with Crippen LogP contribution >= 0.6 is 0 Å². The van der Waals surface area contributed by atoms with E-state index in [1.165, 1.54) is 23.1 Å². The number of rotatable bonds is 4. The molecule has 0 spiro atoms. The molecule has 2 atom stereocenters. The third-order valence-corrected chi connectivity index (χ3v) is 5.99. The van der Waals surface area contributed by atoms with Crippen LogP contribution in [0.3, 0.4) is 0 Å². The van der Waals surface area contributed by atoms with Crippen LogP contribution < -0.4 is 0 Å². The predicted octanol–water partition coefficient (Wildman–Crippen LogP) is 1.89.